The zero-order valence-corrected chi connectivity index (χ0v) is 15.2. The lowest BCUT2D eigenvalue weighted by molar-refractivity contribution is 0.826. The van der Waals surface area contributed by atoms with Crippen LogP contribution in [0.4, 0.5) is 0 Å². The van der Waals surface area contributed by atoms with E-state index in [1.165, 1.54) is 17.0 Å². The fourth-order valence-corrected chi connectivity index (χ4v) is 4.46. The Balaban J connectivity index is 1.76. The van der Waals surface area contributed by atoms with Crippen LogP contribution in [0.25, 0.3) is 21.6 Å². The van der Waals surface area contributed by atoms with Gasteiger partial charge in [0.2, 0.25) is 10.1 Å². The number of hydrogen-bond acceptors (Lipinski definition) is 6. The molecule has 4 heterocycles. The Hall–Kier alpha value is -3.05. The van der Waals surface area contributed by atoms with Gasteiger partial charge < -0.3 is 0 Å². The van der Waals surface area contributed by atoms with Gasteiger partial charge in [-0.25, -0.2) is 15.0 Å². The van der Waals surface area contributed by atoms with Crippen LogP contribution >= 0.6 is 11.3 Å². The zero-order chi connectivity index (χ0) is 17.8. The summed E-state index contributed by atoms with van der Waals surface area (Å²) in [6.45, 7) is 3.81. The molecule has 0 aromatic carbocycles. The third-order valence-corrected chi connectivity index (χ3v) is 5.56. The Morgan fingerprint density at radius 3 is 2.85 bits per heavy atom. The molecule has 128 valence electrons. The van der Waals surface area contributed by atoms with E-state index in [9.17, 15) is 5.26 Å². The van der Waals surface area contributed by atoms with Crippen molar-refractivity contribution >= 4 is 16.3 Å². The van der Waals surface area contributed by atoms with Crippen molar-refractivity contribution < 1.29 is 0 Å². The molecule has 0 atom stereocenters. The molecular formula is C18H15N7S. The maximum atomic E-state index is 9.39. The Morgan fingerprint density at radius 2 is 2.04 bits per heavy atom. The van der Waals surface area contributed by atoms with Gasteiger partial charge in [-0.3, -0.25) is 4.57 Å². The van der Waals surface area contributed by atoms with E-state index in [2.05, 4.69) is 25.7 Å². The summed E-state index contributed by atoms with van der Waals surface area (Å²) in [5, 5.41) is 14.8. The van der Waals surface area contributed by atoms with Crippen molar-refractivity contribution in [2.75, 3.05) is 0 Å². The minimum Gasteiger partial charge on any atom is -0.269 e. The van der Waals surface area contributed by atoms with Gasteiger partial charge in [-0.15, -0.1) is 5.10 Å². The van der Waals surface area contributed by atoms with Crippen molar-refractivity contribution in [2.45, 2.75) is 33.1 Å². The second-order valence-electron chi connectivity index (χ2n) is 6.42. The summed E-state index contributed by atoms with van der Waals surface area (Å²) in [5.74, 6) is 0.811. The summed E-state index contributed by atoms with van der Waals surface area (Å²) in [7, 11) is 0. The lowest BCUT2D eigenvalue weighted by Crippen LogP contribution is -2.04. The van der Waals surface area contributed by atoms with Crippen molar-refractivity contribution in [1.82, 2.24) is 29.1 Å². The highest BCUT2D eigenvalue weighted by Crippen LogP contribution is 2.33. The maximum Gasteiger partial charge on any atom is 0.218 e. The molecule has 4 aromatic heterocycles. The standard InChI is InChI=1S/C18H15N7S/c1-10-5-3-7-13(20-10)16-22-12-6-4-8-14(12)24(16)18-23-25-15(9-19)11(2)21-17(25)26-18/h3,5,7H,4,6,8H2,1-2H3. The fraction of sp³-hybridized carbons (Fsp3) is 0.278. The summed E-state index contributed by atoms with van der Waals surface area (Å²) in [4.78, 5) is 14.7. The number of nitrogens with zero attached hydrogens (tertiary/aromatic N) is 7. The number of nitriles is 1. The van der Waals surface area contributed by atoms with Gasteiger partial charge in [0.05, 0.1) is 11.4 Å². The van der Waals surface area contributed by atoms with Crippen LogP contribution in [-0.2, 0) is 12.8 Å². The van der Waals surface area contributed by atoms with E-state index in [4.69, 9.17) is 4.98 Å². The largest absolute Gasteiger partial charge is 0.269 e. The molecule has 8 heteroatoms. The first-order valence-electron chi connectivity index (χ1n) is 8.47. The van der Waals surface area contributed by atoms with Gasteiger partial charge in [0, 0.05) is 11.4 Å². The highest BCUT2D eigenvalue weighted by atomic mass is 32.1. The van der Waals surface area contributed by atoms with Gasteiger partial charge in [-0.05, 0) is 45.2 Å². The van der Waals surface area contributed by atoms with Crippen molar-refractivity contribution in [3.8, 4) is 22.7 Å². The molecule has 0 aliphatic heterocycles. The molecule has 0 N–H and O–H groups in total. The van der Waals surface area contributed by atoms with Crippen LogP contribution in [-0.4, -0.2) is 29.1 Å². The summed E-state index contributed by atoms with van der Waals surface area (Å²) >= 11 is 1.47. The molecule has 0 amide bonds. The Kier molecular flexibility index (Phi) is 3.21. The van der Waals surface area contributed by atoms with Crippen LogP contribution in [0.3, 0.4) is 0 Å². The van der Waals surface area contributed by atoms with Crippen LogP contribution in [0.5, 0.6) is 0 Å². The number of fused-ring (bicyclic) bond motifs is 2. The summed E-state index contributed by atoms with van der Waals surface area (Å²) < 4.78 is 3.73. The third kappa shape index (κ3) is 2.10. The molecular weight excluding hydrogens is 346 g/mol. The number of aryl methyl sites for hydroxylation is 3. The summed E-state index contributed by atoms with van der Waals surface area (Å²) in [6.07, 6.45) is 3.05. The predicted molar refractivity (Wildman–Crippen MR) is 97.4 cm³/mol. The third-order valence-electron chi connectivity index (χ3n) is 4.66. The molecule has 0 saturated carbocycles. The zero-order valence-electron chi connectivity index (χ0n) is 14.4. The Labute approximate surface area is 153 Å². The number of rotatable bonds is 2. The minimum atomic E-state index is 0.481. The summed E-state index contributed by atoms with van der Waals surface area (Å²) in [6, 6.07) is 8.14. The van der Waals surface area contributed by atoms with Gasteiger partial charge >= 0.3 is 0 Å². The molecule has 0 fully saturated rings. The monoisotopic (exact) mass is 361 g/mol. The normalized spacial score (nSPS) is 13.3. The predicted octanol–water partition coefficient (Wildman–Crippen LogP) is 3.02. The smallest absolute Gasteiger partial charge is 0.218 e. The first-order valence-corrected chi connectivity index (χ1v) is 9.28. The van der Waals surface area contributed by atoms with Crippen LogP contribution in [0.2, 0.25) is 0 Å². The van der Waals surface area contributed by atoms with Gasteiger partial charge in [0.25, 0.3) is 0 Å². The van der Waals surface area contributed by atoms with E-state index >= 15 is 0 Å². The molecule has 0 bridgehead atoms. The molecule has 0 saturated heterocycles. The van der Waals surface area contributed by atoms with E-state index in [-0.39, 0.29) is 0 Å². The SMILES string of the molecule is Cc1cccc(-c2nc3c(n2-c2nn4c(C#N)c(C)nc4s2)CCC3)n1. The molecule has 0 radical (unpaired) electrons. The van der Waals surface area contributed by atoms with Gasteiger partial charge in [-0.1, -0.05) is 17.4 Å². The first kappa shape index (κ1) is 15.2. The van der Waals surface area contributed by atoms with Gasteiger partial charge in [0.15, 0.2) is 11.5 Å². The molecule has 1 aliphatic rings. The second-order valence-corrected chi connectivity index (χ2v) is 7.35. The fourth-order valence-electron chi connectivity index (χ4n) is 3.48. The number of hydrogen-bond donors (Lipinski definition) is 0. The highest BCUT2D eigenvalue weighted by molar-refractivity contribution is 7.19. The first-order chi connectivity index (χ1) is 12.7. The molecule has 0 unspecified atom stereocenters. The number of pyridine rings is 1. The maximum absolute atomic E-state index is 9.39. The highest BCUT2D eigenvalue weighted by Gasteiger charge is 2.26. The number of aromatic nitrogens is 6. The van der Waals surface area contributed by atoms with Crippen molar-refractivity contribution in [3.05, 3.63) is 46.7 Å². The van der Waals surface area contributed by atoms with Gasteiger partial charge in [0.1, 0.15) is 11.8 Å². The average Bonchev–Trinajstić information content (AvgIpc) is 3.33. The van der Waals surface area contributed by atoms with E-state index in [1.54, 1.807) is 4.52 Å². The molecule has 0 spiro atoms. The van der Waals surface area contributed by atoms with E-state index in [0.717, 1.165) is 52.3 Å². The van der Waals surface area contributed by atoms with Crippen LogP contribution in [0.15, 0.2) is 18.2 Å². The van der Waals surface area contributed by atoms with Crippen molar-refractivity contribution in [3.63, 3.8) is 0 Å². The Morgan fingerprint density at radius 1 is 1.15 bits per heavy atom. The number of imidazole rings is 2. The summed E-state index contributed by atoms with van der Waals surface area (Å²) in [5.41, 5.74) is 5.28. The molecule has 1 aliphatic carbocycles. The molecule has 5 rings (SSSR count). The average molecular weight is 361 g/mol. The minimum absolute atomic E-state index is 0.481. The van der Waals surface area contributed by atoms with Crippen LogP contribution in [0.1, 0.15) is 34.9 Å². The van der Waals surface area contributed by atoms with E-state index < -0.39 is 0 Å². The van der Waals surface area contributed by atoms with Crippen LogP contribution in [0, 0.1) is 25.2 Å². The quantitative estimate of drug-likeness (QED) is 0.548. The van der Waals surface area contributed by atoms with E-state index in [1.807, 2.05) is 32.0 Å². The van der Waals surface area contributed by atoms with Crippen molar-refractivity contribution in [2.24, 2.45) is 0 Å². The molecule has 7 nitrogen and oxygen atoms in total. The van der Waals surface area contributed by atoms with Gasteiger partial charge in [-0.2, -0.15) is 9.78 Å². The Bertz CT molecular complexity index is 1200. The lowest BCUT2D eigenvalue weighted by Gasteiger charge is -2.07. The van der Waals surface area contributed by atoms with Crippen LogP contribution < -0.4 is 0 Å². The van der Waals surface area contributed by atoms with E-state index in [0.29, 0.717) is 11.4 Å². The lowest BCUT2D eigenvalue weighted by atomic mass is 10.3. The topological polar surface area (TPSA) is 84.7 Å². The molecule has 4 aromatic rings. The molecule has 26 heavy (non-hydrogen) atoms. The van der Waals surface area contributed by atoms with Crippen molar-refractivity contribution in [1.29, 1.82) is 5.26 Å². The second kappa shape index (κ2) is 5.47.